The highest BCUT2D eigenvalue weighted by atomic mass is 16.2. The Balaban J connectivity index is 1.62. The molecule has 2 amide bonds. The number of nitrogens with one attached hydrogen (secondary N) is 1. The van der Waals surface area contributed by atoms with Gasteiger partial charge in [0, 0.05) is 37.5 Å². The van der Waals surface area contributed by atoms with Crippen molar-refractivity contribution in [2.24, 2.45) is 0 Å². The molecule has 0 spiro atoms. The van der Waals surface area contributed by atoms with Gasteiger partial charge in [-0.05, 0) is 43.3 Å². The molecule has 1 aromatic carbocycles. The molecule has 7 heteroatoms. The van der Waals surface area contributed by atoms with Crippen molar-refractivity contribution in [1.29, 1.82) is 0 Å². The lowest BCUT2D eigenvalue weighted by molar-refractivity contribution is -0.116. The molecule has 1 aromatic heterocycles. The Kier molecular flexibility index (Phi) is 5.91. The van der Waals surface area contributed by atoms with Gasteiger partial charge in [-0.15, -0.1) is 0 Å². The molecule has 1 aliphatic heterocycles. The average molecular weight is 369 g/mol. The molecule has 0 saturated heterocycles. The number of carbonyl (C=O) groups is 2. The highest BCUT2D eigenvalue weighted by molar-refractivity contribution is 6.05. The van der Waals surface area contributed by atoms with Gasteiger partial charge >= 0.3 is 0 Å². The minimum atomic E-state index is -0.164. The van der Waals surface area contributed by atoms with Gasteiger partial charge in [-0.1, -0.05) is 13.8 Å². The quantitative estimate of drug-likeness (QED) is 0.814. The summed E-state index contributed by atoms with van der Waals surface area (Å²) in [4.78, 5) is 28.3. The largest absolute Gasteiger partial charge is 0.319 e. The number of anilines is 2. The Labute approximate surface area is 159 Å². The van der Waals surface area contributed by atoms with Gasteiger partial charge in [0.2, 0.25) is 5.91 Å². The molecule has 3 rings (SSSR count). The molecule has 0 radical (unpaired) electrons. The number of amides is 2. The van der Waals surface area contributed by atoms with Crippen LogP contribution in [0.5, 0.6) is 0 Å². The summed E-state index contributed by atoms with van der Waals surface area (Å²) in [5.41, 5.74) is 3.22. The number of aromatic nitrogens is 2. The molecule has 1 N–H and O–H groups in total. The molecule has 0 bridgehead atoms. The zero-order valence-corrected chi connectivity index (χ0v) is 16.2. The number of carbonyl (C=O) groups excluding carboxylic acids is 2. The number of hydrogen-bond donors (Lipinski definition) is 1. The van der Waals surface area contributed by atoms with Gasteiger partial charge in [0.25, 0.3) is 5.91 Å². The molecule has 0 atom stereocenters. The molecule has 27 heavy (non-hydrogen) atoms. The molecule has 1 aliphatic rings. The number of hydrogen-bond acceptors (Lipinski definition) is 4. The van der Waals surface area contributed by atoms with E-state index in [1.54, 1.807) is 24.1 Å². The van der Waals surface area contributed by atoms with Gasteiger partial charge in [-0.3, -0.25) is 14.3 Å². The lowest BCUT2D eigenvalue weighted by atomic mass is 10.1. The SMILES string of the molecule is CCN(CC)CCn1cc(NC(=O)c2ccc3c(c2)CCN3C(C)=O)cn1. The second-order valence-electron chi connectivity index (χ2n) is 6.74. The highest BCUT2D eigenvalue weighted by Crippen LogP contribution is 2.29. The van der Waals surface area contributed by atoms with Crippen LogP contribution in [0, 0.1) is 0 Å². The van der Waals surface area contributed by atoms with Crippen molar-refractivity contribution in [3.05, 3.63) is 41.7 Å². The first-order valence-corrected chi connectivity index (χ1v) is 9.49. The van der Waals surface area contributed by atoms with E-state index in [9.17, 15) is 9.59 Å². The lowest BCUT2D eigenvalue weighted by Crippen LogP contribution is -2.27. The smallest absolute Gasteiger partial charge is 0.255 e. The fraction of sp³-hybridized carbons (Fsp3) is 0.450. The molecule has 2 heterocycles. The van der Waals surface area contributed by atoms with Gasteiger partial charge < -0.3 is 15.1 Å². The van der Waals surface area contributed by atoms with Crippen LogP contribution in [0.1, 0.15) is 36.7 Å². The van der Waals surface area contributed by atoms with Crippen LogP contribution < -0.4 is 10.2 Å². The van der Waals surface area contributed by atoms with Crippen molar-refractivity contribution >= 4 is 23.2 Å². The molecule has 7 nitrogen and oxygen atoms in total. The Morgan fingerprint density at radius 1 is 1.26 bits per heavy atom. The van der Waals surface area contributed by atoms with Crippen LogP contribution in [0.4, 0.5) is 11.4 Å². The number of nitrogens with zero attached hydrogens (tertiary/aromatic N) is 4. The fourth-order valence-electron chi connectivity index (χ4n) is 3.41. The second-order valence-corrected chi connectivity index (χ2v) is 6.74. The average Bonchev–Trinajstić information content (AvgIpc) is 3.28. The summed E-state index contributed by atoms with van der Waals surface area (Å²) in [5.74, 6) is -0.134. The van der Waals surface area contributed by atoms with Crippen LogP contribution in [0.15, 0.2) is 30.6 Å². The monoisotopic (exact) mass is 369 g/mol. The third-order valence-corrected chi connectivity index (χ3v) is 5.05. The maximum Gasteiger partial charge on any atom is 0.255 e. The number of rotatable bonds is 7. The van der Waals surface area contributed by atoms with Gasteiger partial charge in [-0.25, -0.2) is 0 Å². The van der Waals surface area contributed by atoms with Crippen LogP contribution in [-0.4, -0.2) is 52.7 Å². The Bertz CT molecular complexity index is 826. The van der Waals surface area contributed by atoms with E-state index in [2.05, 4.69) is 29.2 Å². The first-order chi connectivity index (χ1) is 13.0. The molecular formula is C20H27N5O2. The fourth-order valence-corrected chi connectivity index (χ4v) is 3.41. The summed E-state index contributed by atoms with van der Waals surface area (Å²) < 4.78 is 1.85. The topological polar surface area (TPSA) is 70.5 Å². The van der Waals surface area contributed by atoms with Crippen molar-refractivity contribution < 1.29 is 9.59 Å². The third kappa shape index (κ3) is 4.36. The van der Waals surface area contributed by atoms with E-state index in [4.69, 9.17) is 0 Å². The van der Waals surface area contributed by atoms with E-state index >= 15 is 0 Å². The minimum absolute atomic E-state index is 0.0306. The Hall–Kier alpha value is -2.67. The second kappa shape index (κ2) is 8.35. The van der Waals surface area contributed by atoms with Gasteiger partial charge in [-0.2, -0.15) is 5.10 Å². The van der Waals surface area contributed by atoms with E-state index < -0.39 is 0 Å². The molecule has 0 unspecified atom stereocenters. The predicted molar refractivity (Wildman–Crippen MR) is 106 cm³/mol. The number of benzene rings is 1. The van der Waals surface area contributed by atoms with Crippen molar-refractivity contribution in [1.82, 2.24) is 14.7 Å². The lowest BCUT2D eigenvalue weighted by Gasteiger charge is -2.17. The van der Waals surface area contributed by atoms with E-state index in [0.717, 1.165) is 43.9 Å². The highest BCUT2D eigenvalue weighted by Gasteiger charge is 2.23. The summed E-state index contributed by atoms with van der Waals surface area (Å²) in [5, 5.41) is 7.22. The molecule has 0 fully saturated rings. The first-order valence-electron chi connectivity index (χ1n) is 9.49. The standard InChI is InChI=1S/C20H27N5O2/c1-4-23(5-2)10-11-24-14-18(13-21-24)22-20(27)17-6-7-19-16(12-17)8-9-25(19)15(3)26/h6-7,12-14H,4-5,8-11H2,1-3H3,(H,22,27). The van der Waals surface area contributed by atoms with E-state index in [0.29, 0.717) is 17.8 Å². The van der Waals surface area contributed by atoms with Gasteiger partial charge in [0.15, 0.2) is 0 Å². The van der Waals surface area contributed by atoms with Crippen molar-refractivity contribution in [3.63, 3.8) is 0 Å². The summed E-state index contributed by atoms with van der Waals surface area (Å²) in [7, 11) is 0. The maximum atomic E-state index is 12.6. The molecule has 0 aliphatic carbocycles. The van der Waals surface area contributed by atoms with Gasteiger partial charge in [0.05, 0.1) is 18.4 Å². The van der Waals surface area contributed by atoms with Crippen LogP contribution in [-0.2, 0) is 17.8 Å². The van der Waals surface area contributed by atoms with E-state index in [-0.39, 0.29) is 11.8 Å². The number of likely N-dealkylation sites (N-methyl/N-ethyl adjacent to an activating group) is 1. The molecule has 2 aromatic rings. The zero-order chi connectivity index (χ0) is 19.4. The molecule has 0 saturated carbocycles. The van der Waals surface area contributed by atoms with E-state index in [1.807, 2.05) is 23.0 Å². The first kappa shape index (κ1) is 19.1. The minimum Gasteiger partial charge on any atom is -0.319 e. The zero-order valence-electron chi connectivity index (χ0n) is 16.2. The van der Waals surface area contributed by atoms with Crippen LogP contribution >= 0.6 is 0 Å². The van der Waals surface area contributed by atoms with Crippen LogP contribution in [0.3, 0.4) is 0 Å². The van der Waals surface area contributed by atoms with Crippen LogP contribution in [0.25, 0.3) is 0 Å². The summed E-state index contributed by atoms with van der Waals surface area (Å²) >= 11 is 0. The maximum absolute atomic E-state index is 12.6. The molecular weight excluding hydrogens is 342 g/mol. The Morgan fingerprint density at radius 3 is 2.74 bits per heavy atom. The Morgan fingerprint density at radius 2 is 2.04 bits per heavy atom. The summed E-state index contributed by atoms with van der Waals surface area (Å²) in [6.45, 7) is 10.3. The van der Waals surface area contributed by atoms with Crippen LogP contribution in [0.2, 0.25) is 0 Å². The van der Waals surface area contributed by atoms with Crippen molar-refractivity contribution in [2.75, 3.05) is 36.4 Å². The number of fused-ring (bicyclic) bond motifs is 1. The predicted octanol–water partition coefficient (Wildman–Crippen LogP) is 2.39. The van der Waals surface area contributed by atoms with Crippen molar-refractivity contribution in [3.8, 4) is 0 Å². The third-order valence-electron chi connectivity index (χ3n) is 5.05. The summed E-state index contributed by atoms with van der Waals surface area (Å²) in [6, 6.07) is 5.49. The van der Waals surface area contributed by atoms with Gasteiger partial charge in [0.1, 0.15) is 0 Å². The summed E-state index contributed by atoms with van der Waals surface area (Å²) in [6.07, 6.45) is 4.30. The van der Waals surface area contributed by atoms with Crippen molar-refractivity contribution in [2.45, 2.75) is 33.7 Å². The van der Waals surface area contributed by atoms with E-state index in [1.165, 1.54) is 0 Å². The normalized spacial score (nSPS) is 13.1. The molecule has 144 valence electrons.